The molecule has 0 unspecified atom stereocenters. The quantitative estimate of drug-likeness (QED) is 0.743. The summed E-state index contributed by atoms with van der Waals surface area (Å²) in [7, 11) is 0. The first-order valence-corrected chi connectivity index (χ1v) is 6.50. The molecule has 1 saturated heterocycles. The van der Waals surface area contributed by atoms with Crippen LogP contribution in [0, 0.1) is 11.3 Å². The van der Waals surface area contributed by atoms with Crippen LogP contribution in [-0.2, 0) is 6.42 Å². The van der Waals surface area contributed by atoms with Crippen molar-refractivity contribution >= 4 is 5.82 Å². The van der Waals surface area contributed by atoms with Gasteiger partial charge in [0.15, 0.2) is 5.82 Å². The van der Waals surface area contributed by atoms with Gasteiger partial charge in [-0.05, 0) is 18.6 Å². The zero-order chi connectivity index (χ0) is 12.8. The molecule has 0 radical (unpaired) electrons. The third-order valence-corrected chi connectivity index (χ3v) is 3.20. The Balaban J connectivity index is 1.91. The Labute approximate surface area is 108 Å². The lowest BCUT2D eigenvalue weighted by atomic mass is 10.2. The summed E-state index contributed by atoms with van der Waals surface area (Å²) < 4.78 is 0. The molecule has 1 fully saturated rings. The Morgan fingerprint density at radius 3 is 2.56 bits per heavy atom. The Kier molecular flexibility index (Phi) is 4.48. The lowest BCUT2D eigenvalue weighted by Crippen LogP contribution is -2.46. The first-order chi connectivity index (χ1) is 8.83. The second-order valence-corrected chi connectivity index (χ2v) is 4.55. The van der Waals surface area contributed by atoms with Gasteiger partial charge in [0, 0.05) is 26.2 Å². The molecule has 18 heavy (non-hydrogen) atoms. The minimum atomic E-state index is 0.523. The highest BCUT2D eigenvalue weighted by Gasteiger charge is 2.17. The first kappa shape index (κ1) is 12.8. The number of nitrogens with zero attached hydrogens (tertiary/aromatic N) is 5. The van der Waals surface area contributed by atoms with E-state index < -0.39 is 0 Å². The Hall–Kier alpha value is -1.67. The van der Waals surface area contributed by atoms with E-state index in [9.17, 15) is 0 Å². The van der Waals surface area contributed by atoms with E-state index in [0.717, 1.165) is 50.5 Å². The Morgan fingerprint density at radius 2 is 2.00 bits per heavy atom. The zero-order valence-corrected chi connectivity index (χ0v) is 10.8. The molecule has 5 heteroatoms. The van der Waals surface area contributed by atoms with E-state index in [1.54, 1.807) is 0 Å². The number of aryl methyl sites for hydroxylation is 1. The van der Waals surface area contributed by atoms with Gasteiger partial charge in [-0.1, -0.05) is 13.3 Å². The zero-order valence-electron chi connectivity index (χ0n) is 10.8. The molecule has 0 aromatic carbocycles. The van der Waals surface area contributed by atoms with Crippen LogP contribution in [0.15, 0.2) is 12.1 Å². The summed E-state index contributed by atoms with van der Waals surface area (Å²) in [5.41, 5.74) is 1.06. The number of anilines is 1. The summed E-state index contributed by atoms with van der Waals surface area (Å²) in [6.45, 7) is 6.35. The average molecular weight is 245 g/mol. The standard InChI is InChI=1S/C13H19N5/c1-2-3-12-4-5-13(16-15-12)18-10-8-17(7-6-14)9-11-18/h4-5H,2-3,7-11H2,1H3. The average Bonchev–Trinajstić information content (AvgIpc) is 2.41. The van der Waals surface area contributed by atoms with Gasteiger partial charge >= 0.3 is 0 Å². The molecule has 1 aromatic rings. The van der Waals surface area contributed by atoms with Crippen LogP contribution in [0.3, 0.4) is 0 Å². The summed E-state index contributed by atoms with van der Waals surface area (Å²) in [6, 6.07) is 6.31. The van der Waals surface area contributed by atoms with Crippen LogP contribution in [0.4, 0.5) is 5.82 Å². The van der Waals surface area contributed by atoms with E-state index >= 15 is 0 Å². The molecule has 0 amide bonds. The number of hydrogen-bond acceptors (Lipinski definition) is 5. The van der Waals surface area contributed by atoms with Gasteiger partial charge in [0.2, 0.25) is 0 Å². The molecular weight excluding hydrogens is 226 g/mol. The van der Waals surface area contributed by atoms with Crippen LogP contribution in [0.2, 0.25) is 0 Å². The minimum Gasteiger partial charge on any atom is -0.353 e. The molecule has 96 valence electrons. The molecule has 0 saturated carbocycles. The third-order valence-electron chi connectivity index (χ3n) is 3.20. The maximum atomic E-state index is 8.65. The predicted molar refractivity (Wildman–Crippen MR) is 70.3 cm³/mol. The number of rotatable bonds is 4. The summed E-state index contributed by atoms with van der Waals surface area (Å²) >= 11 is 0. The number of aromatic nitrogens is 2. The molecule has 1 aliphatic rings. The summed E-state index contributed by atoms with van der Waals surface area (Å²) in [5.74, 6) is 0.950. The van der Waals surface area contributed by atoms with Crippen molar-refractivity contribution in [3.63, 3.8) is 0 Å². The monoisotopic (exact) mass is 245 g/mol. The fourth-order valence-electron chi connectivity index (χ4n) is 2.15. The van der Waals surface area contributed by atoms with E-state index in [1.165, 1.54) is 0 Å². The van der Waals surface area contributed by atoms with Crippen LogP contribution in [0.25, 0.3) is 0 Å². The first-order valence-electron chi connectivity index (χ1n) is 6.50. The van der Waals surface area contributed by atoms with Crippen LogP contribution in [0.5, 0.6) is 0 Å². The van der Waals surface area contributed by atoms with Crippen LogP contribution in [0.1, 0.15) is 19.0 Å². The molecule has 0 bridgehead atoms. The lowest BCUT2D eigenvalue weighted by Gasteiger charge is -2.33. The normalized spacial score (nSPS) is 16.6. The van der Waals surface area contributed by atoms with Crippen LogP contribution >= 0.6 is 0 Å². The summed E-state index contributed by atoms with van der Waals surface area (Å²) in [5, 5.41) is 17.2. The number of piperazine rings is 1. The molecule has 5 nitrogen and oxygen atoms in total. The van der Waals surface area contributed by atoms with Crippen LogP contribution < -0.4 is 4.90 Å². The maximum absolute atomic E-state index is 8.65. The molecule has 2 rings (SSSR count). The van der Waals surface area contributed by atoms with Gasteiger partial charge in [-0.2, -0.15) is 10.4 Å². The smallest absolute Gasteiger partial charge is 0.151 e. The van der Waals surface area contributed by atoms with Gasteiger partial charge in [0.05, 0.1) is 18.3 Å². The van der Waals surface area contributed by atoms with Gasteiger partial charge < -0.3 is 4.90 Å². The molecule has 0 aliphatic carbocycles. The second kappa shape index (κ2) is 6.31. The highest BCUT2D eigenvalue weighted by atomic mass is 15.3. The molecule has 1 aromatic heterocycles. The highest BCUT2D eigenvalue weighted by Crippen LogP contribution is 2.13. The maximum Gasteiger partial charge on any atom is 0.151 e. The Morgan fingerprint density at radius 1 is 1.22 bits per heavy atom. The van der Waals surface area contributed by atoms with Gasteiger partial charge in [-0.15, -0.1) is 5.10 Å². The third kappa shape index (κ3) is 3.17. The van der Waals surface area contributed by atoms with Gasteiger partial charge in [-0.25, -0.2) is 0 Å². The van der Waals surface area contributed by atoms with E-state index in [0.29, 0.717) is 6.54 Å². The predicted octanol–water partition coefficient (Wildman–Crippen LogP) is 1.07. The molecule has 0 spiro atoms. The van der Waals surface area contributed by atoms with Gasteiger partial charge in [0.25, 0.3) is 0 Å². The largest absolute Gasteiger partial charge is 0.353 e. The van der Waals surface area contributed by atoms with Crippen molar-refractivity contribution in [2.45, 2.75) is 19.8 Å². The van der Waals surface area contributed by atoms with Crippen molar-refractivity contribution in [2.75, 3.05) is 37.6 Å². The van der Waals surface area contributed by atoms with Crippen molar-refractivity contribution in [3.8, 4) is 6.07 Å². The lowest BCUT2D eigenvalue weighted by molar-refractivity contribution is 0.286. The van der Waals surface area contributed by atoms with Gasteiger partial charge in [0.1, 0.15) is 0 Å². The van der Waals surface area contributed by atoms with Crippen molar-refractivity contribution in [1.82, 2.24) is 15.1 Å². The van der Waals surface area contributed by atoms with Crippen LogP contribution in [-0.4, -0.2) is 47.8 Å². The molecule has 0 atom stereocenters. The van der Waals surface area contributed by atoms with E-state index in [4.69, 9.17) is 5.26 Å². The molecule has 2 heterocycles. The Bertz CT molecular complexity index is 400. The summed E-state index contributed by atoms with van der Waals surface area (Å²) in [4.78, 5) is 4.39. The van der Waals surface area contributed by atoms with Gasteiger partial charge in [-0.3, -0.25) is 4.90 Å². The minimum absolute atomic E-state index is 0.523. The number of hydrogen-bond donors (Lipinski definition) is 0. The molecular formula is C13H19N5. The fourth-order valence-corrected chi connectivity index (χ4v) is 2.15. The molecule has 0 N–H and O–H groups in total. The van der Waals surface area contributed by atoms with E-state index in [-0.39, 0.29) is 0 Å². The van der Waals surface area contributed by atoms with Crippen molar-refractivity contribution < 1.29 is 0 Å². The molecule has 1 aliphatic heterocycles. The second-order valence-electron chi connectivity index (χ2n) is 4.55. The van der Waals surface area contributed by atoms with Crippen molar-refractivity contribution in [3.05, 3.63) is 17.8 Å². The van der Waals surface area contributed by atoms with Crippen molar-refractivity contribution in [2.24, 2.45) is 0 Å². The van der Waals surface area contributed by atoms with E-state index in [1.807, 2.05) is 0 Å². The summed E-state index contributed by atoms with van der Waals surface area (Å²) in [6.07, 6.45) is 2.09. The fraction of sp³-hybridized carbons (Fsp3) is 0.615. The van der Waals surface area contributed by atoms with E-state index in [2.05, 4.69) is 45.1 Å². The highest BCUT2D eigenvalue weighted by molar-refractivity contribution is 5.38. The van der Waals surface area contributed by atoms with Crippen molar-refractivity contribution in [1.29, 1.82) is 5.26 Å². The topological polar surface area (TPSA) is 56.0 Å². The number of nitriles is 1. The SMILES string of the molecule is CCCc1ccc(N2CCN(CC#N)CC2)nn1.